The number of benzene rings is 2. The summed E-state index contributed by atoms with van der Waals surface area (Å²) in [4.78, 5) is 14.5. The van der Waals surface area contributed by atoms with E-state index in [2.05, 4.69) is 41.4 Å². The Hall–Kier alpha value is -2.00. The molecule has 126 valence electrons. The number of carbonyl (C=O) groups is 1. The van der Waals surface area contributed by atoms with E-state index < -0.39 is 0 Å². The summed E-state index contributed by atoms with van der Waals surface area (Å²) in [6.45, 7) is 3.91. The van der Waals surface area contributed by atoms with Crippen LogP contribution in [0.2, 0.25) is 5.02 Å². The van der Waals surface area contributed by atoms with Gasteiger partial charge in [0.1, 0.15) is 0 Å². The molecule has 1 heterocycles. The molecule has 0 saturated heterocycles. The van der Waals surface area contributed by atoms with Gasteiger partial charge in [0.05, 0.1) is 6.42 Å². The zero-order valence-electron chi connectivity index (χ0n) is 14.0. The van der Waals surface area contributed by atoms with E-state index in [1.807, 2.05) is 24.3 Å². The van der Waals surface area contributed by atoms with Crippen LogP contribution in [-0.4, -0.2) is 25.0 Å². The summed E-state index contributed by atoms with van der Waals surface area (Å²) in [6.07, 6.45) is 2.38. The molecule has 4 heteroatoms. The van der Waals surface area contributed by atoms with Crippen molar-refractivity contribution in [2.45, 2.75) is 32.2 Å². The van der Waals surface area contributed by atoms with Crippen molar-refractivity contribution in [3.8, 4) is 0 Å². The summed E-state index contributed by atoms with van der Waals surface area (Å²) in [5, 5.41) is 3.65. The average molecular weight is 343 g/mol. The summed E-state index contributed by atoms with van der Waals surface area (Å²) >= 11 is 6.09. The van der Waals surface area contributed by atoms with E-state index in [1.54, 1.807) is 0 Å². The third-order valence-electron chi connectivity index (χ3n) is 4.56. The Bertz CT molecular complexity index is 716. The molecule has 2 aromatic rings. The van der Waals surface area contributed by atoms with Crippen LogP contribution in [-0.2, 0) is 17.6 Å². The van der Waals surface area contributed by atoms with Crippen molar-refractivity contribution >= 4 is 23.2 Å². The molecule has 0 saturated carbocycles. The van der Waals surface area contributed by atoms with E-state index in [0.717, 1.165) is 24.9 Å². The van der Waals surface area contributed by atoms with Crippen LogP contribution in [0.15, 0.2) is 48.5 Å². The predicted octanol–water partition coefficient (Wildman–Crippen LogP) is 3.84. The zero-order valence-corrected chi connectivity index (χ0v) is 14.7. The Morgan fingerprint density at radius 2 is 1.96 bits per heavy atom. The minimum absolute atomic E-state index is 0.0259. The third-order valence-corrected chi connectivity index (χ3v) is 4.92. The van der Waals surface area contributed by atoms with Gasteiger partial charge in [-0.15, -0.1) is 0 Å². The maximum Gasteiger partial charge on any atom is 0.224 e. The van der Waals surface area contributed by atoms with E-state index in [1.165, 1.54) is 11.3 Å². The second-order valence-electron chi connectivity index (χ2n) is 6.35. The first kappa shape index (κ1) is 16.8. The quantitative estimate of drug-likeness (QED) is 0.809. The molecule has 0 aliphatic carbocycles. The number of amides is 1. The highest BCUT2D eigenvalue weighted by atomic mass is 35.5. The first-order valence-electron chi connectivity index (χ1n) is 8.50. The van der Waals surface area contributed by atoms with Crippen molar-refractivity contribution in [1.82, 2.24) is 5.32 Å². The molecular weight excluding hydrogens is 320 g/mol. The lowest BCUT2D eigenvalue weighted by atomic mass is 10.1. The Morgan fingerprint density at radius 3 is 2.79 bits per heavy atom. The van der Waals surface area contributed by atoms with Crippen molar-refractivity contribution in [3.05, 3.63) is 64.7 Å². The fraction of sp³-hybridized carbons (Fsp3) is 0.350. The molecule has 1 atom stereocenters. The number of nitrogens with one attached hydrogen (secondary N) is 1. The van der Waals surface area contributed by atoms with Crippen molar-refractivity contribution in [1.29, 1.82) is 0 Å². The molecule has 0 fully saturated rings. The van der Waals surface area contributed by atoms with Gasteiger partial charge in [-0.05, 0) is 43.0 Å². The largest absolute Gasteiger partial charge is 0.368 e. The van der Waals surface area contributed by atoms with Crippen LogP contribution >= 0.6 is 11.6 Å². The zero-order chi connectivity index (χ0) is 16.9. The summed E-state index contributed by atoms with van der Waals surface area (Å²) in [7, 11) is 0. The first-order chi connectivity index (χ1) is 11.6. The van der Waals surface area contributed by atoms with E-state index in [-0.39, 0.29) is 5.91 Å². The lowest BCUT2D eigenvalue weighted by Crippen LogP contribution is -2.33. The third kappa shape index (κ3) is 3.90. The number of carbonyl (C=O) groups excluding carboxylic acids is 1. The number of anilines is 1. The molecule has 3 rings (SSSR count). The Labute approximate surface area is 148 Å². The number of rotatable bonds is 6. The van der Waals surface area contributed by atoms with Gasteiger partial charge in [-0.1, -0.05) is 48.0 Å². The average Bonchev–Trinajstić information content (AvgIpc) is 2.89. The number of para-hydroxylation sites is 1. The van der Waals surface area contributed by atoms with Crippen LogP contribution in [0.3, 0.4) is 0 Å². The Balaban J connectivity index is 1.44. The summed E-state index contributed by atoms with van der Waals surface area (Å²) in [6, 6.07) is 16.6. The number of hydrogen-bond acceptors (Lipinski definition) is 2. The highest BCUT2D eigenvalue weighted by Gasteiger charge is 2.24. The Kier molecular flexibility index (Phi) is 5.41. The van der Waals surface area contributed by atoms with Crippen LogP contribution in [0.1, 0.15) is 24.5 Å². The van der Waals surface area contributed by atoms with E-state index in [0.29, 0.717) is 24.0 Å². The molecule has 24 heavy (non-hydrogen) atoms. The van der Waals surface area contributed by atoms with Gasteiger partial charge in [0.15, 0.2) is 0 Å². The van der Waals surface area contributed by atoms with Crippen LogP contribution in [0.5, 0.6) is 0 Å². The maximum absolute atomic E-state index is 12.0. The molecule has 0 aromatic heterocycles. The minimum atomic E-state index is 0.0259. The minimum Gasteiger partial charge on any atom is -0.368 e. The van der Waals surface area contributed by atoms with Gasteiger partial charge in [0, 0.05) is 29.8 Å². The fourth-order valence-corrected chi connectivity index (χ4v) is 3.53. The number of fused-ring (bicyclic) bond motifs is 1. The van der Waals surface area contributed by atoms with Gasteiger partial charge >= 0.3 is 0 Å². The number of hydrogen-bond donors (Lipinski definition) is 1. The van der Waals surface area contributed by atoms with E-state index in [9.17, 15) is 4.79 Å². The molecule has 1 N–H and O–H groups in total. The monoisotopic (exact) mass is 342 g/mol. The SMILES string of the molecule is C[C@@H]1Cc2ccccc2N1CCCNC(=O)Cc1ccccc1Cl. The van der Waals surface area contributed by atoms with E-state index in [4.69, 9.17) is 11.6 Å². The number of nitrogens with zero attached hydrogens (tertiary/aromatic N) is 1. The second kappa shape index (κ2) is 7.71. The van der Waals surface area contributed by atoms with Crippen molar-refractivity contribution in [2.75, 3.05) is 18.0 Å². The standard InChI is InChI=1S/C20H23ClN2O/c1-15-13-17-8-3-5-10-19(17)23(15)12-6-11-22-20(24)14-16-7-2-4-9-18(16)21/h2-5,7-10,15H,6,11-14H2,1H3,(H,22,24)/t15-/m1/s1. The van der Waals surface area contributed by atoms with Gasteiger partial charge in [-0.25, -0.2) is 0 Å². The normalized spacial score (nSPS) is 16.1. The van der Waals surface area contributed by atoms with Gasteiger partial charge in [-0.2, -0.15) is 0 Å². The van der Waals surface area contributed by atoms with Crippen molar-refractivity contribution in [2.24, 2.45) is 0 Å². The molecule has 0 bridgehead atoms. The molecule has 0 unspecified atom stereocenters. The molecule has 1 amide bonds. The highest BCUT2D eigenvalue weighted by molar-refractivity contribution is 6.31. The van der Waals surface area contributed by atoms with E-state index >= 15 is 0 Å². The smallest absolute Gasteiger partial charge is 0.224 e. The molecule has 3 nitrogen and oxygen atoms in total. The second-order valence-corrected chi connectivity index (χ2v) is 6.75. The highest BCUT2D eigenvalue weighted by Crippen LogP contribution is 2.31. The van der Waals surface area contributed by atoms with Gasteiger partial charge in [0.2, 0.25) is 5.91 Å². The van der Waals surface area contributed by atoms with Crippen LogP contribution in [0.4, 0.5) is 5.69 Å². The molecule has 0 radical (unpaired) electrons. The predicted molar refractivity (Wildman–Crippen MR) is 99.7 cm³/mol. The summed E-state index contributed by atoms with van der Waals surface area (Å²) in [5.74, 6) is 0.0259. The summed E-state index contributed by atoms with van der Waals surface area (Å²) in [5.41, 5.74) is 3.64. The van der Waals surface area contributed by atoms with Crippen molar-refractivity contribution < 1.29 is 4.79 Å². The van der Waals surface area contributed by atoms with Gasteiger partial charge in [0.25, 0.3) is 0 Å². The molecule has 1 aliphatic rings. The maximum atomic E-state index is 12.0. The molecule has 1 aliphatic heterocycles. The topological polar surface area (TPSA) is 32.3 Å². The van der Waals surface area contributed by atoms with Crippen LogP contribution in [0.25, 0.3) is 0 Å². The summed E-state index contributed by atoms with van der Waals surface area (Å²) < 4.78 is 0. The van der Waals surface area contributed by atoms with Crippen LogP contribution < -0.4 is 10.2 Å². The first-order valence-corrected chi connectivity index (χ1v) is 8.87. The van der Waals surface area contributed by atoms with Gasteiger partial charge in [-0.3, -0.25) is 4.79 Å². The number of halogens is 1. The lowest BCUT2D eigenvalue weighted by Gasteiger charge is -2.24. The van der Waals surface area contributed by atoms with Crippen LogP contribution in [0, 0.1) is 0 Å². The van der Waals surface area contributed by atoms with Gasteiger partial charge < -0.3 is 10.2 Å². The fourth-order valence-electron chi connectivity index (χ4n) is 3.32. The Morgan fingerprint density at radius 1 is 1.21 bits per heavy atom. The molecular formula is C20H23ClN2O. The van der Waals surface area contributed by atoms with Crippen molar-refractivity contribution in [3.63, 3.8) is 0 Å². The molecule has 0 spiro atoms. The lowest BCUT2D eigenvalue weighted by molar-refractivity contribution is -0.120. The molecule has 2 aromatic carbocycles.